The van der Waals surface area contributed by atoms with E-state index in [1.165, 1.54) is 29.9 Å². The van der Waals surface area contributed by atoms with E-state index in [4.69, 9.17) is 0 Å². The minimum absolute atomic E-state index is 0.432. The maximum absolute atomic E-state index is 9.72. The van der Waals surface area contributed by atoms with Gasteiger partial charge < -0.3 is 10.4 Å². The van der Waals surface area contributed by atoms with Crippen molar-refractivity contribution < 1.29 is 5.11 Å². The van der Waals surface area contributed by atoms with Crippen molar-refractivity contribution in [3.8, 4) is 5.75 Å². The zero-order chi connectivity index (χ0) is 12.3. The second-order valence-corrected chi connectivity index (χ2v) is 6.02. The number of aromatic hydroxyl groups is 1. The van der Waals surface area contributed by atoms with Gasteiger partial charge in [0.15, 0.2) is 0 Å². The van der Waals surface area contributed by atoms with Gasteiger partial charge in [-0.3, -0.25) is 0 Å². The van der Waals surface area contributed by atoms with E-state index in [1.807, 2.05) is 25.6 Å². The van der Waals surface area contributed by atoms with Crippen LogP contribution in [0.2, 0.25) is 0 Å². The van der Waals surface area contributed by atoms with Crippen LogP contribution in [-0.2, 0) is 6.54 Å². The molecular weight excluding hydrogens is 230 g/mol. The van der Waals surface area contributed by atoms with Gasteiger partial charge in [0.2, 0.25) is 0 Å². The number of phenolic OH excluding ortho intramolecular Hbond substituents is 1. The van der Waals surface area contributed by atoms with Crippen molar-refractivity contribution in [3.63, 3.8) is 0 Å². The van der Waals surface area contributed by atoms with Crippen LogP contribution >= 0.6 is 11.8 Å². The monoisotopic (exact) mass is 251 g/mol. The topological polar surface area (TPSA) is 32.3 Å². The molecule has 0 aliphatic carbocycles. The van der Waals surface area contributed by atoms with Gasteiger partial charge in [0.05, 0.1) is 0 Å². The van der Waals surface area contributed by atoms with Crippen molar-refractivity contribution in [2.45, 2.75) is 39.3 Å². The van der Waals surface area contributed by atoms with E-state index in [0.717, 1.165) is 17.7 Å². The van der Waals surface area contributed by atoms with E-state index in [0.29, 0.717) is 11.8 Å². The molecule has 0 radical (unpaired) electrons. The number of aryl methyl sites for hydroxylation is 2. The first-order valence-corrected chi connectivity index (χ1v) is 7.42. The molecule has 1 aliphatic rings. The summed E-state index contributed by atoms with van der Waals surface area (Å²) in [4.78, 5) is 0. The molecule has 0 bridgehead atoms. The highest BCUT2D eigenvalue weighted by atomic mass is 32.2. The summed E-state index contributed by atoms with van der Waals surface area (Å²) in [5.74, 6) is 2.98. The smallest absolute Gasteiger partial charge is 0.121 e. The SMILES string of the molecule is Cc1cc(CNC2CCCSC2)cc(C)c1O. The molecule has 1 unspecified atom stereocenters. The Labute approximate surface area is 108 Å². The van der Waals surface area contributed by atoms with Gasteiger partial charge in [-0.15, -0.1) is 0 Å². The molecule has 2 rings (SSSR count). The third-order valence-electron chi connectivity index (χ3n) is 3.31. The van der Waals surface area contributed by atoms with E-state index in [9.17, 15) is 5.11 Å². The zero-order valence-corrected chi connectivity index (χ0v) is 11.4. The van der Waals surface area contributed by atoms with Crippen LogP contribution in [0.5, 0.6) is 5.75 Å². The van der Waals surface area contributed by atoms with Gasteiger partial charge in [-0.05, 0) is 49.1 Å². The lowest BCUT2D eigenvalue weighted by Crippen LogP contribution is -2.33. The number of benzene rings is 1. The summed E-state index contributed by atoms with van der Waals surface area (Å²) in [6, 6.07) is 4.81. The Hall–Kier alpha value is -0.670. The Morgan fingerprint density at radius 3 is 2.65 bits per heavy atom. The summed E-state index contributed by atoms with van der Waals surface area (Å²) in [5.41, 5.74) is 3.22. The summed E-state index contributed by atoms with van der Waals surface area (Å²) >= 11 is 2.04. The van der Waals surface area contributed by atoms with Gasteiger partial charge in [-0.2, -0.15) is 11.8 Å². The van der Waals surface area contributed by atoms with Gasteiger partial charge in [0, 0.05) is 18.3 Å². The highest BCUT2D eigenvalue weighted by Crippen LogP contribution is 2.23. The molecular formula is C14H21NOS. The molecule has 17 heavy (non-hydrogen) atoms. The third-order valence-corrected chi connectivity index (χ3v) is 4.52. The van der Waals surface area contributed by atoms with Crippen LogP contribution in [-0.4, -0.2) is 22.7 Å². The number of rotatable bonds is 3. The predicted octanol–water partition coefficient (Wildman–Crippen LogP) is 2.99. The Bertz CT molecular complexity index is 363. The van der Waals surface area contributed by atoms with Crippen molar-refractivity contribution in [1.82, 2.24) is 5.32 Å². The van der Waals surface area contributed by atoms with Crippen LogP contribution in [0.15, 0.2) is 12.1 Å². The fourth-order valence-corrected chi connectivity index (χ4v) is 3.42. The molecule has 0 aromatic heterocycles. The molecule has 1 saturated heterocycles. The second kappa shape index (κ2) is 5.78. The van der Waals surface area contributed by atoms with E-state index in [1.54, 1.807) is 0 Å². The Morgan fingerprint density at radius 2 is 2.06 bits per heavy atom. The maximum atomic E-state index is 9.72. The zero-order valence-electron chi connectivity index (χ0n) is 10.6. The van der Waals surface area contributed by atoms with Gasteiger partial charge in [-0.1, -0.05) is 12.1 Å². The molecule has 2 N–H and O–H groups in total. The largest absolute Gasteiger partial charge is 0.507 e. The quantitative estimate of drug-likeness (QED) is 0.866. The lowest BCUT2D eigenvalue weighted by molar-refractivity contribution is 0.465. The molecule has 1 fully saturated rings. The number of thioether (sulfide) groups is 1. The third kappa shape index (κ3) is 3.39. The second-order valence-electron chi connectivity index (χ2n) is 4.87. The lowest BCUT2D eigenvalue weighted by atomic mass is 10.1. The predicted molar refractivity (Wildman–Crippen MR) is 74.8 cm³/mol. The van der Waals surface area contributed by atoms with Crippen LogP contribution in [0.25, 0.3) is 0 Å². The molecule has 2 nitrogen and oxygen atoms in total. The minimum Gasteiger partial charge on any atom is -0.507 e. The van der Waals surface area contributed by atoms with Gasteiger partial charge >= 0.3 is 0 Å². The number of hydrogen-bond donors (Lipinski definition) is 2. The number of hydrogen-bond acceptors (Lipinski definition) is 3. The van der Waals surface area contributed by atoms with Crippen LogP contribution < -0.4 is 5.32 Å². The molecule has 3 heteroatoms. The average molecular weight is 251 g/mol. The van der Waals surface area contributed by atoms with Crippen molar-refractivity contribution >= 4 is 11.8 Å². The lowest BCUT2D eigenvalue weighted by Gasteiger charge is -2.22. The van der Waals surface area contributed by atoms with Crippen molar-refractivity contribution in [2.24, 2.45) is 0 Å². The van der Waals surface area contributed by atoms with Gasteiger partial charge in [0.1, 0.15) is 5.75 Å². The molecule has 0 spiro atoms. The first-order chi connectivity index (χ1) is 8.16. The van der Waals surface area contributed by atoms with Crippen molar-refractivity contribution in [3.05, 3.63) is 28.8 Å². The molecule has 1 aliphatic heterocycles. The van der Waals surface area contributed by atoms with Crippen LogP contribution in [0.1, 0.15) is 29.5 Å². The molecule has 0 amide bonds. The molecule has 94 valence electrons. The van der Waals surface area contributed by atoms with Gasteiger partial charge in [0.25, 0.3) is 0 Å². The van der Waals surface area contributed by atoms with Crippen LogP contribution in [0, 0.1) is 13.8 Å². The van der Waals surface area contributed by atoms with E-state index >= 15 is 0 Å². The molecule has 1 heterocycles. The normalized spacial score (nSPS) is 20.5. The van der Waals surface area contributed by atoms with Crippen LogP contribution in [0.4, 0.5) is 0 Å². The Kier molecular flexibility index (Phi) is 4.35. The minimum atomic E-state index is 0.432. The standard InChI is InChI=1S/C14H21NOS/c1-10-6-12(7-11(2)14(10)16)8-15-13-4-3-5-17-9-13/h6-7,13,15-16H,3-5,8-9H2,1-2H3. The van der Waals surface area contributed by atoms with Crippen LogP contribution in [0.3, 0.4) is 0 Å². The summed E-state index contributed by atoms with van der Waals surface area (Å²) in [5, 5.41) is 13.3. The first kappa shape index (κ1) is 12.8. The number of phenols is 1. The van der Waals surface area contributed by atoms with Gasteiger partial charge in [-0.25, -0.2) is 0 Å². The van der Waals surface area contributed by atoms with E-state index < -0.39 is 0 Å². The highest BCUT2D eigenvalue weighted by Gasteiger charge is 2.13. The summed E-state index contributed by atoms with van der Waals surface area (Å²) in [7, 11) is 0. The summed E-state index contributed by atoms with van der Waals surface area (Å²) < 4.78 is 0. The summed E-state index contributed by atoms with van der Waals surface area (Å²) in [6.07, 6.45) is 2.62. The average Bonchev–Trinajstić information content (AvgIpc) is 2.34. The van der Waals surface area contributed by atoms with Crippen molar-refractivity contribution in [1.29, 1.82) is 0 Å². The van der Waals surface area contributed by atoms with Crippen molar-refractivity contribution in [2.75, 3.05) is 11.5 Å². The van der Waals surface area contributed by atoms with E-state index in [2.05, 4.69) is 17.4 Å². The fraction of sp³-hybridized carbons (Fsp3) is 0.571. The first-order valence-electron chi connectivity index (χ1n) is 6.27. The number of nitrogens with one attached hydrogen (secondary N) is 1. The molecule has 1 aromatic carbocycles. The van der Waals surface area contributed by atoms with E-state index in [-0.39, 0.29) is 0 Å². The Balaban J connectivity index is 1.94. The Morgan fingerprint density at radius 1 is 1.35 bits per heavy atom. The maximum Gasteiger partial charge on any atom is 0.121 e. The molecule has 0 saturated carbocycles. The fourth-order valence-electron chi connectivity index (χ4n) is 2.31. The highest BCUT2D eigenvalue weighted by molar-refractivity contribution is 7.99. The summed E-state index contributed by atoms with van der Waals surface area (Å²) in [6.45, 7) is 4.83. The molecule has 1 aromatic rings. The molecule has 1 atom stereocenters.